The van der Waals surface area contributed by atoms with Gasteiger partial charge in [-0.2, -0.15) is 0 Å². The van der Waals surface area contributed by atoms with Crippen molar-refractivity contribution in [2.24, 2.45) is 17.7 Å². The van der Waals surface area contributed by atoms with Gasteiger partial charge in [0.2, 0.25) is 0 Å². The van der Waals surface area contributed by atoms with Crippen molar-refractivity contribution in [3.05, 3.63) is 18.6 Å². The van der Waals surface area contributed by atoms with Gasteiger partial charge in [0.1, 0.15) is 0 Å². The van der Waals surface area contributed by atoms with E-state index in [0.29, 0.717) is 5.82 Å². The average Bonchev–Trinajstić information content (AvgIpc) is 2.89. The normalized spacial score (nSPS) is 22.2. The fourth-order valence-electron chi connectivity index (χ4n) is 2.33. The molecular weight excluding hydrogens is 228 g/mol. The zero-order valence-electron chi connectivity index (χ0n) is 10.7. The van der Waals surface area contributed by atoms with Gasteiger partial charge in [-0.25, -0.2) is 15.8 Å². The summed E-state index contributed by atoms with van der Waals surface area (Å²) in [5, 5.41) is 0. The molecular formula is C12H18N6. The Bertz CT molecular complexity index is 563. The van der Waals surface area contributed by atoms with E-state index in [0.717, 1.165) is 29.8 Å². The molecule has 1 aliphatic rings. The van der Waals surface area contributed by atoms with E-state index < -0.39 is 0 Å². The number of anilines is 2. The monoisotopic (exact) mass is 246 g/mol. The second-order valence-electron chi connectivity index (χ2n) is 5.11. The second kappa shape index (κ2) is 4.13. The van der Waals surface area contributed by atoms with E-state index >= 15 is 0 Å². The molecule has 1 saturated carbocycles. The van der Waals surface area contributed by atoms with Crippen molar-refractivity contribution in [3.8, 4) is 0 Å². The quantitative estimate of drug-likeness (QED) is 0.624. The Kier molecular flexibility index (Phi) is 2.59. The topological polar surface area (TPSA) is 71.5 Å². The average molecular weight is 246 g/mol. The van der Waals surface area contributed by atoms with Crippen molar-refractivity contribution in [1.82, 2.24) is 14.4 Å². The highest BCUT2D eigenvalue weighted by molar-refractivity contribution is 5.66. The number of hydrogen-bond donors (Lipinski definition) is 2. The summed E-state index contributed by atoms with van der Waals surface area (Å²) in [5.41, 5.74) is 3.46. The number of aromatic nitrogens is 3. The molecule has 2 heterocycles. The van der Waals surface area contributed by atoms with E-state index in [2.05, 4.69) is 34.3 Å². The summed E-state index contributed by atoms with van der Waals surface area (Å²) >= 11 is 0. The van der Waals surface area contributed by atoms with Crippen LogP contribution in [0.25, 0.3) is 5.65 Å². The van der Waals surface area contributed by atoms with Crippen molar-refractivity contribution in [2.45, 2.75) is 13.3 Å². The lowest BCUT2D eigenvalue weighted by Crippen LogP contribution is -2.23. The lowest BCUT2D eigenvalue weighted by molar-refractivity contribution is 0.719. The van der Waals surface area contributed by atoms with Gasteiger partial charge in [-0.05, 0) is 18.3 Å². The minimum absolute atomic E-state index is 0.645. The Balaban J connectivity index is 1.95. The molecule has 0 amide bonds. The van der Waals surface area contributed by atoms with Crippen LogP contribution in [-0.2, 0) is 0 Å². The van der Waals surface area contributed by atoms with Gasteiger partial charge >= 0.3 is 0 Å². The number of nitrogens with two attached hydrogens (primary N) is 1. The first-order chi connectivity index (χ1) is 8.69. The molecule has 0 bridgehead atoms. The van der Waals surface area contributed by atoms with Crippen LogP contribution in [0.2, 0.25) is 0 Å². The molecule has 0 aromatic carbocycles. The summed E-state index contributed by atoms with van der Waals surface area (Å²) in [6.45, 7) is 3.31. The van der Waals surface area contributed by atoms with E-state index in [4.69, 9.17) is 5.84 Å². The molecule has 2 aromatic rings. The maximum atomic E-state index is 5.45. The lowest BCUT2D eigenvalue weighted by Gasteiger charge is -2.19. The Labute approximate surface area is 106 Å². The molecule has 0 saturated heterocycles. The van der Waals surface area contributed by atoms with Crippen molar-refractivity contribution < 1.29 is 0 Å². The van der Waals surface area contributed by atoms with Crippen molar-refractivity contribution >= 4 is 17.3 Å². The van der Waals surface area contributed by atoms with Crippen LogP contribution in [0, 0.1) is 11.8 Å². The summed E-state index contributed by atoms with van der Waals surface area (Å²) in [6.07, 6.45) is 6.81. The van der Waals surface area contributed by atoms with E-state index in [1.54, 1.807) is 6.20 Å². The SMILES string of the molecule is CC1CC1CN(C)c1nc(NN)cn2ccnc12. The van der Waals surface area contributed by atoms with Gasteiger partial charge in [0, 0.05) is 26.0 Å². The highest BCUT2D eigenvalue weighted by atomic mass is 15.3. The number of nitrogens with zero attached hydrogens (tertiary/aromatic N) is 4. The van der Waals surface area contributed by atoms with Gasteiger partial charge < -0.3 is 14.7 Å². The summed E-state index contributed by atoms with van der Waals surface area (Å²) in [6, 6.07) is 0. The Morgan fingerprint density at radius 2 is 2.39 bits per heavy atom. The smallest absolute Gasteiger partial charge is 0.180 e. The molecule has 0 radical (unpaired) electrons. The number of hydrogen-bond acceptors (Lipinski definition) is 5. The summed E-state index contributed by atoms with van der Waals surface area (Å²) in [4.78, 5) is 11.0. The number of nitrogen functional groups attached to an aromatic ring is 1. The van der Waals surface area contributed by atoms with E-state index in [1.807, 2.05) is 16.8 Å². The van der Waals surface area contributed by atoms with Crippen LogP contribution < -0.4 is 16.2 Å². The minimum Gasteiger partial charge on any atom is -0.356 e. The predicted octanol–water partition coefficient (Wildman–Crippen LogP) is 1.11. The number of imidazole rings is 1. The number of hydrazine groups is 1. The van der Waals surface area contributed by atoms with Crippen LogP contribution in [0.3, 0.4) is 0 Å². The van der Waals surface area contributed by atoms with Gasteiger partial charge in [-0.15, -0.1) is 0 Å². The summed E-state index contributed by atoms with van der Waals surface area (Å²) in [7, 11) is 2.06. The molecule has 3 rings (SSSR count). The molecule has 2 unspecified atom stereocenters. The molecule has 2 aromatic heterocycles. The van der Waals surface area contributed by atoms with Crippen LogP contribution in [0.15, 0.2) is 18.6 Å². The van der Waals surface area contributed by atoms with Crippen molar-refractivity contribution in [3.63, 3.8) is 0 Å². The summed E-state index contributed by atoms with van der Waals surface area (Å²) in [5.74, 6) is 8.58. The Morgan fingerprint density at radius 3 is 3.06 bits per heavy atom. The summed E-state index contributed by atoms with van der Waals surface area (Å²) < 4.78 is 1.93. The molecule has 1 aliphatic carbocycles. The van der Waals surface area contributed by atoms with Crippen LogP contribution in [-0.4, -0.2) is 28.0 Å². The second-order valence-corrected chi connectivity index (χ2v) is 5.11. The number of fused-ring (bicyclic) bond motifs is 1. The molecule has 0 spiro atoms. The largest absolute Gasteiger partial charge is 0.356 e. The first-order valence-electron chi connectivity index (χ1n) is 6.20. The number of rotatable bonds is 4. The Morgan fingerprint density at radius 1 is 1.61 bits per heavy atom. The predicted molar refractivity (Wildman–Crippen MR) is 71.3 cm³/mol. The van der Waals surface area contributed by atoms with E-state index in [1.165, 1.54) is 6.42 Å². The van der Waals surface area contributed by atoms with Gasteiger partial charge in [0.05, 0.1) is 6.20 Å². The van der Waals surface area contributed by atoms with Crippen LogP contribution in [0.4, 0.5) is 11.6 Å². The van der Waals surface area contributed by atoms with Gasteiger partial charge in [0.25, 0.3) is 0 Å². The lowest BCUT2D eigenvalue weighted by atomic mass is 10.3. The first kappa shape index (κ1) is 11.3. The molecule has 2 atom stereocenters. The highest BCUT2D eigenvalue weighted by Gasteiger charge is 2.33. The highest BCUT2D eigenvalue weighted by Crippen LogP contribution is 2.38. The maximum absolute atomic E-state index is 5.45. The zero-order valence-corrected chi connectivity index (χ0v) is 10.7. The van der Waals surface area contributed by atoms with Crippen LogP contribution >= 0.6 is 0 Å². The Hall–Kier alpha value is -1.82. The van der Waals surface area contributed by atoms with Gasteiger partial charge in [0.15, 0.2) is 17.3 Å². The van der Waals surface area contributed by atoms with Crippen LogP contribution in [0.5, 0.6) is 0 Å². The number of nitrogens with one attached hydrogen (secondary N) is 1. The van der Waals surface area contributed by atoms with Gasteiger partial charge in [-0.1, -0.05) is 6.92 Å². The van der Waals surface area contributed by atoms with E-state index in [9.17, 15) is 0 Å². The molecule has 1 fully saturated rings. The third-order valence-corrected chi connectivity index (χ3v) is 3.65. The van der Waals surface area contributed by atoms with Crippen molar-refractivity contribution in [2.75, 3.05) is 23.9 Å². The molecule has 18 heavy (non-hydrogen) atoms. The zero-order chi connectivity index (χ0) is 12.7. The maximum Gasteiger partial charge on any atom is 0.180 e. The molecule has 3 N–H and O–H groups in total. The van der Waals surface area contributed by atoms with Crippen molar-refractivity contribution in [1.29, 1.82) is 0 Å². The third-order valence-electron chi connectivity index (χ3n) is 3.65. The standard InChI is InChI=1S/C12H18N6/c1-8-5-9(8)6-17(2)12-11-14-3-4-18(11)7-10(15-12)16-13/h3-4,7-9,16H,5-6,13H2,1-2H3. The molecule has 6 nitrogen and oxygen atoms in total. The minimum atomic E-state index is 0.645. The molecule has 96 valence electrons. The van der Waals surface area contributed by atoms with Crippen LogP contribution in [0.1, 0.15) is 13.3 Å². The fourth-order valence-corrected chi connectivity index (χ4v) is 2.33. The third kappa shape index (κ3) is 1.88. The molecule has 0 aliphatic heterocycles. The molecule has 6 heteroatoms. The van der Waals surface area contributed by atoms with E-state index in [-0.39, 0.29) is 0 Å². The first-order valence-corrected chi connectivity index (χ1v) is 6.20. The van der Waals surface area contributed by atoms with Gasteiger partial charge in [-0.3, -0.25) is 0 Å². The fraction of sp³-hybridized carbons (Fsp3) is 0.500.